The summed E-state index contributed by atoms with van der Waals surface area (Å²) in [5.74, 6) is 3.63. The van der Waals surface area contributed by atoms with E-state index < -0.39 is 0 Å². The standard InChI is InChI=1S/C26H32N4O2/c1-15-9-23-22(26(30-29-23)17-3-6-27-24(12-17)31-2)13-20(15)18-10-19-14-28-25(21(19)11-18)16-4-7-32-8-5-16/h3,6,9,12-13,16,18-19,21,25,28H,4-5,7-8,10-11,14H2,1-2H3,(H,29,30)/t18-,19+,21-,25-/m0/s1. The molecule has 6 rings (SSSR count). The molecule has 0 radical (unpaired) electrons. The van der Waals surface area contributed by atoms with Crippen molar-refractivity contribution < 1.29 is 9.47 Å². The topological polar surface area (TPSA) is 72.1 Å². The molecule has 32 heavy (non-hydrogen) atoms. The maximum absolute atomic E-state index is 5.62. The smallest absolute Gasteiger partial charge is 0.213 e. The number of rotatable bonds is 4. The van der Waals surface area contributed by atoms with E-state index in [9.17, 15) is 0 Å². The van der Waals surface area contributed by atoms with E-state index in [4.69, 9.17) is 9.47 Å². The Labute approximate surface area is 189 Å². The van der Waals surface area contributed by atoms with Crippen molar-refractivity contribution in [1.82, 2.24) is 20.5 Å². The fourth-order valence-electron chi connectivity index (χ4n) is 6.63. The van der Waals surface area contributed by atoms with E-state index in [0.29, 0.717) is 17.8 Å². The molecular weight excluding hydrogens is 400 g/mol. The monoisotopic (exact) mass is 432 g/mol. The Balaban J connectivity index is 1.30. The van der Waals surface area contributed by atoms with Crippen LogP contribution in [-0.2, 0) is 4.74 Å². The Bertz CT molecular complexity index is 1120. The van der Waals surface area contributed by atoms with E-state index in [0.717, 1.165) is 47.7 Å². The molecule has 3 aromatic rings. The van der Waals surface area contributed by atoms with Gasteiger partial charge in [-0.15, -0.1) is 0 Å². The molecule has 0 bridgehead atoms. The van der Waals surface area contributed by atoms with Gasteiger partial charge in [-0.25, -0.2) is 4.98 Å². The Morgan fingerprint density at radius 2 is 1.97 bits per heavy atom. The van der Waals surface area contributed by atoms with Crippen molar-refractivity contribution in [1.29, 1.82) is 0 Å². The van der Waals surface area contributed by atoms with Gasteiger partial charge in [0.2, 0.25) is 5.88 Å². The predicted molar refractivity (Wildman–Crippen MR) is 125 cm³/mol. The molecule has 4 heterocycles. The van der Waals surface area contributed by atoms with Crippen molar-refractivity contribution in [2.24, 2.45) is 17.8 Å². The van der Waals surface area contributed by atoms with Crippen molar-refractivity contribution in [3.63, 3.8) is 0 Å². The number of benzene rings is 1. The van der Waals surface area contributed by atoms with E-state index in [1.165, 1.54) is 48.7 Å². The lowest BCUT2D eigenvalue weighted by atomic mass is 9.81. The summed E-state index contributed by atoms with van der Waals surface area (Å²) in [6.07, 6.45) is 6.79. The molecule has 2 saturated heterocycles. The van der Waals surface area contributed by atoms with Gasteiger partial charge in [0.05, 0.1) is 12.6 Å². The number of nitrogens with one attached hydrogen (secondary N) is 2. The van der Waals surface area contributed by atoms with Gasteiger partial charge in [-0.3, -0.25) is 5.10 Å². The summed E-state index contributed by atoms with van der Waals surface area (Å²) < 4.78 is 11.0. The van der Waals surface area contributed by atoms with Gasteiger partial charge in [0.15, 0.2) is 0 Å². The van der Waals surface area contributed by atoms with Gasteiger partial charge in [-0.2, -0.15) is 5.10 Å². The molecule has 2 aromatic heterocycles. The highest BCUT2D eigenvalue weighted by Gasteiger charge is 2.46. The van der Waals surface area contributed by atoms with Crippen LogP contribution in [0.2, 0.25) is 0 Å². The van der Waals surface area contributed by atoms with Crippen LogP contribution in [0.15, 0.2) is 30.5 Å². The van der Waals surface area contributed by atoms with Gasteiger partial charge in [0.1, 0.15) is 5.69 Å². The summed E-state index contributed by atoms with van der Waals surface area (Å²) in [6.45, 7) is 5.30. The van der Waals surface area contributed by atoms with Crippen molar-refractivity contribution >= 4 is 10.9 Å². The molecular formula is C26H32N4O2. The number of nitrogens with zero attached hydrogens (tertiary/aromatic N) is 2. The first kappa shape index (κ1) is 20.2. The van der Waals surface area contributed by atoms with Crippen molar-refractivity contribution in [2.45, 2.75) is 44.6 Å². The zero-order valence-corrected chi connectivity index (χ0v) is 18.9. The molecule has 0 spiro atoms. The zero-order valence-electron chi connectivity index (χ0n) is 18.9. The Kier molecular flexibility index (Phi) is 5.15. The van der Waals surface area contributed by atoms with Crippen LogP contribution in [0.1, 0.15) is 42.7 Å². The SMILES string of the molecule is COc1cc(-c2n[nH]c3cc(C)c([C@H]4C[C@@H]5CN[C@@H](C6CCOCC6)[C@H]5C4)cc23)ccn1. The fourth-order valence-corrected chi connectivity index (χ4v) is 6.63. The van der Waals surface area contributed by atoms with E-state index >= 15 is 0 Å². The summed E-state index contributed by atoms with van der Waals surface area (Å²) in [6, 6.07) is 9.31. The van der Waals surface area contributed by atoms with E-state index in [-0.39, 0.29) is 0 Å². The van der Waals surface area contributed by atoms with Crippen LogP contribution in [0.3, 0.4) is 0 Å². The summed E-state index contributed by atoms with van der Waals surface area (Å²) >= 11 is 0. The van der Waals surface area contributed by atoms with Crippen LogP contribution in [0.25, 0.3) is 22.2 Å². The van der Waals surface area contributed by atoms with Gasteiger partial charge in [-0.05, 0) is 92.1 Å². The number of ether oxygens (including phenoxy) is 2. The van der Waals surface area contributed by atoms with Crippen LogP contribution >= 0.6 is 0 Å². The van der Waals surface area contributed by atoms with Crippen LogP contribution in [0.5, 0.6) is 5.88 Å². The van der Waals surface area contributed by atoms with Gasteiger partial charge in [0.25, 0.3) is 0 Å². The third-order valence-electron chi connectivity index (χ3n) is 8.21. The third kappa shape index (κ3) is 3.41. The average molecular weight is 433 g/mol. The highest BCUT2D eigenvalue weighted by molar-refractivity contribution is 5.94. The molecule has 1 saturated carbocycles. The second kappa shape index (κ2) is 8.16. The number of pyridine rings is 1. The van der Waals surface area contributed by atoms with Crippen LogP contribution in [-0.4, -0.2) is 48.1 Å². The minimum atomic E-state index is 0.612. The van der Waals surface area contributed by atoms with Crippen LogP contribution in [0, 0.1) is 24.7 Å². The lowest BCUT2D eigenvalue weighted by Gasteiger charge is -2.31. The number of methoxy groups -OCH3 is 1. The molecule has 6 heteroatoms. The van der Waals surface area contributed by atoms with E-state index in [1.807, 2.05) is 12.1 Å². The third-order valence-corrected chi connectivity index (χ3v) is 8.21. The van der Waals surface area contributed by atoms with Crippen molar-refractivity contribution in [2.75, 3.05) is 26.9 Å². The molecule has 6 nitrogen and oxygen atoms in total. The van der Waals surface area contributed by atoms with Gasteiger partial charge >= 0.3 is 0 Å². The van der Waals surface area contributed by atoms with Crippen LogP contribution in [0.4, 0.5) is 0 Å². The largest absolute Gasteiger partial charge is 0.481 e. The first-order valence-corrected chi connectivity index (χ1v) is 12.0. The summed E-state index contributed by atoms with van der Waals surface area (Å²) in [4.78, 5) is 4.25. The van der Waals surface area contributed by atoms with Gasteiger partial charge in [0, 0.05) is 42.5 Å². The van der Waals surface area contributed by atoms with Gasteiger partial charge in [-0.1, -0.05) is 0 Å². The first-order chi connectivity index (χ1) is 15.7. The first-order valence-electron chi connectivity index (χ1n) is 12.0. The average Bonchev–Trinajstić information content (AvgIpc) is 3.53. The predicted octanol–water partition coefficient (Wildman–Crippen LogP) is 4.45. The molecule has 4 atom stereocenters. The lowest BCUT2D eigenvalue weighted by Crippen LogP contribution is -2.38. The minimum absolute atomic E-state index is 0.612. The quantitative estimate of drug-likeness (QED) is 0.637. The Morgan fingerprint density at radius 1 is 1.09 bits per heavy atom. The summed E-state index contributed by atoms with van der Waals surface area (Å²) in [5.41, 5.74) is 5.98. The van der Waals surface area contributed by atoms with Crippen molar-refractivity contribution in [3.05, 3.63) is 41.6 Å². The number of hydrogen-bond donors (Lipinski definition) is 2. The molecule has 3 fully saturated rings. The number of fused-ring (bicyclic) bond motifs is 2. The molecule has 1 aromatic carbocycles. The Morgan fingerprint density at radius 3 is 2.81 bits per heavy atom. The zero-order chi connectivity index (χ0) is 21.7. The maximum atomic E-state index is 5.62. The highest BCUT2D eigenvalue weighted by Crippen LogP contribution is 2.49. The number of H-pyrrole nitrogens is 1. The molecule has 3 aliphatic rings. The van der Waals surface area contributed by atoms with Crippen molar-refractivity contribution in [3.8, 4) is 17.1 Å². The minimum Gasteiger partial charge on any atom is -0.481 e. The second-order valence-corrected chi connectivity index (χ2v) is 9.89. The van der Waals surface area contributed by atoms with E-state index in [1.54, 1.807) is 13.3 Å². The normalized spacial score (nSPS) is 28.3. The molecule has 2 N–H and O–H groups in total. The molecule has 1 aliphatic carbocycles. The molecule has 0 unspecified atom stereocenters. The number of hydrogen-bond acceptors (Lipinski definition) is 5. The molecule has 2 aliphatic heterocycles. The van der Waals surface area contributed by atoms with Gasteiger partial charge < -0.3 is 14.8 Å². The Hall–Kier alpha value is -2.44. The second-order valence-electron chi connectivity index (χ2n) is 9.89. The summed E-state index contributed by atoms with van der Waals surface area (Å²) in [5, 5.41) is 13.0. The highest BCUT2D eigenvalue weighted by atomic mass is 16.5. The maximum Gasteiger partial charge on any atom is 0.213 e. The summed E-state index contributed by atoms with van der Waals surface area (Å²) in [7, 11) is 1.65. The molecule has 168 valence electrons. The van der Waals surface area contributed by atoms with E-state index in [2.05, 4.69) is 39.6 Å². The number of aromatic amines is 1. The fraction of sp³-hybridized carbons (Fsp3) is 0.538. The number of aryl methyl sites for hydroxylation is 1. The van der Waals surface area contributed by atoms with Crippen LogP contribution < -0.4 is 10.1 Å². The lowest BCUT2D eigenvalue weighted by molar-refractivity contribution is 0.0496. The molecule has 0 amide bonds. The number of aromatic nitrogens is 3.